The standard InChI is InChI=1S/C12H12N2OS2/c1-2-9-3-5-10(6-4-9)7-13-14-11(15)8-17-12(14)16/h3-7H,2,8H2,1H3/b13-7-. The summed E-state index contributed by atoms with van der Waals surface area (Å²) < 4.78 is 0.524. The second-order valence-electron chi connectivity index (χ2n) is 3.60. The van der Waals surface area contributed by atoms with Crippen LogP contribution in [0.1, 0.15) is 18.1 Å². The predicted molar refractivity (Wildman–Crippen MR) is 75.3 cm³/mol. The fourth-order valence-electron chi connectivity index (χ4n) is 1.42. The molecule has 0 N–H and O–H groups in total. The lowest BCUT2D eigenvalue weighted by molar-refractivity contribution is -0.123. The number of carbonyl (C=O) groups is 1. The number of thioether (sulfide) groups is 1. The van der Waals surface area contributed by atoms with Gasteiger partial charge in [-0.2, -0.15) is 10.1 Å². The van der Waals surface area contributed by atoms with Crippen molar-refractivity contribution in [1.82, 2.24) is 5.01 Å². The van der Waals surface area contributed by atoms with E-state index in [1.165, 1.54) is 22.3 Å². The number of thiocarbonyl (C=S) groups is 1. The Hall–Kier alpha value is -1.20. The van der Waals surface area contributed by atoms with Gasteiger partial charge in [0, 0.05) is 0 Å². The second-order valence-corrected chi connectivity index (χ2v) is 5.21. The summed E-state index contributed by atoms with van der Waals surface area (Å²) in [6.07, 6.45) is 2.68. The Labute approximate surface area is 110 Å². The lowest BCUT2D eigenvalue weighted by atomic mass is 10.1. The fraction of sp³-hybridized carbons (Fsp3) is 0.250. The molecule has 88 valence electrons. The van der Waals surface area contributed by atoms with Crippen molar-refractivity contribution >= 4 is 40.4 Å². The molecular formula is C12H12N2OS2. The predicted octanol–water partition coefficient (Wildman–Crippen LogP) is 2.44. The average Bonchev–Trinajstić information content (AvgIpc) is 2.67. The van der Waals surface area contributed by atoms with Gasteiger partial charge in [0.25, 0.3) is 5.91 Å². The van der Waals surface area contributed by atoms with Crippen LogP contribution < -0.4 is 0 Å². The quantitative estimate of drug-likeness (QED) is 0.621. The van der Waals surface area contributed by atoms with Crippen molar-refractivity contribution in [3.05, 3.63) is 35.4 Å². The monoisotopic (exact) mass is 264 g/mol. The maximum absolute atomic E-state index is 11.4. The number of benzene rings is 1. The Balaban J connectivity index is 2.09. The van der Waals surface area contributed by atoms with Crippen molar-refractivity contribution in [2.24, 2.45) is 5.10 Å². The summed E-state index contributed by atoms with van der Waals surface area (Å²) in [5, 5.41) is 5.39. The second kappa shape index (κ2) is 5.42. The van der Waals surface area contributed by atoms with Crippen LogP contribution in [0.15, 0.2) is 29.4 Å². The molecule has 2 rings (SSSR count). The molecule has 0 aliphatic carbocycles. The van der Waals surface area contributed by atoms with Crippen molar-refractivity contribution in [2.45, 2.75) is 13.3 Å². The number of hydrogen-bond acceptors (Lipinski definition) is 4. The molecule has 3 nitrogen and oxygen atoms in total. The van der Waals surface area contributed by atoms with Gasteiger partial charge in [-0.3, -0.25) is 4.79 Å². The summed E-state index contributed by atoms with van der Waals surface area (Å²) in [6, 6.07) is 8.08. The van der Waals surface area contributed by atoms with Gasteiger partial charge < -0.3 is 0 Å². The van der Waals surface area contributed by atoms with Gasteiger partial charge in [-0.15, -0.1) is 0 Å². The molecule has 0 unspecified atom stereocenters. The van der Waals surface area contributed by atoms with Crippen LogP contribution in [0.4, 0.5) is 0 Å². The highest BCUT2D eigenvalue weighted by molar-refractivity contribution is 8.23. The number of rotatable bonds is 3. The van der Waals surface area contributed by atoms with Gasteiger partial charge in [-0.1, -0.05) is 55.2 Å². The Kier molecular flexibility index (Phi) is 3.91. The maximum atomic E-state index is 11.4. The van der Waals surface area contributed by atoms with E-state index in [0.29, 0.717) is 10.1 Å². The lowest BCUT2D eigenvalue weighted by Gasteiger charge is -2.06. The molecule has 1 aliphatic rings. The topological polar surface area (TPSA) is 32.7 Å². The number of aryl methyl sites for hydroxylation is 1. The molecule has 0 atom stereocenters. The molecule has 0 bridgehead atoms. The van der Waals surface area contributed by atoms with Gasteiger partial charge in [0.05, 0.1) is 12.0 Å². The molecule has 1 saturated heterocycles. The number of hydrazone groups is 1. The summed E-state index contributed by atoms with van der Waals surface area (Å²) in [4.78, 5) is 11.4. The molecule has 1 amide bonds. The maximum Gasteiger partial charge on any atom is 0.259 e. The van der Waals surface area contributed by atoms with Gasteiger partial charge in [0.1, 0.15) is 0 Å². The van der Waals surface area contributed by atoms with E-state index in [9.17, 15) is 4.79 Å². The highest BCUT2D eigenvalue weighted by Gasteiger charge is 2.25. The average molecular weight is 264 g/mol. The zero-order chi connectivity index (χ0) is 12.3. The first-order chi connectivity index (χ1) is 8.20. The minimum atomic E-state index is -0.0542. The van der Waals surface area contributed by atoms with Crippen molar-refractivity contribution in [1.29, 1.82) is 0 Å². The molecular weight excluding hydrogens is 252 g/mol. The highest BCUT2D eigenvalue weighted by atomic mass is 32.2. The summed E-state index contributed by atoms with van der Waals surface area (Å²) in [7, 11) is 0. The van der Waals surface area contributed by atoms with Crippen molar-refractivity contribution in [3.8, 4) is 0 Å². The van der Waals surface area contributed by atoms with Gasteiger partial charge in [0.2, 0.25) is 0 Å². The van der Waals surface area contributed by atoms with Gasteiger partial charge >= 0.3 is 0 Å². The molecule has 0 spiro atoms. The van der Waals surface area contributed by atoms with E-state index in [-0.39, 0.29) is 5.91 Å². The molecule has 5 heteroatoms. The van der Waals surface area contributed by atoms with E-state index in [1.807, 2.05) is 12.1 Å². The third kappa shape index (κ3) is 2.92. The van der Waals surface area contributed by atoms with Crippen LogP contribution in [0.25, 0.3) is 0 Å². The molecule has 0 radical (unpaired) electrons. The normalized spacial score (nSPS) is 16.2. The number of nitrogens with zero attached hydrogens (tertiary/aromatic N) is 2. The summed E-state index contributed by atoms with van der Waals surface area (Å²) in [5.74, 6) is 0.340. The largest absolute Gasteiger partial charge is 0.272 e. The SMILES string of the molecule is CCc1ccc(/C=N\N2C(=O)CSC2=S)cc1. The van der Waals surface area contributed by atoms with E-state index in [4.69, 9.17) is 12.2 Å². The number of hydrogen-bond donors (Lipinski definition) is 0. The number of amides is 1. The van der Waals surface area contributed by atoms with Crippen LogP contribution in [-0.4, -0.2) is 27.2 Å². The molecule has 1 aliphatic heterocycles. The fourth-order valence-corrected chi connectivity index (χ4v) is 2.39. The van der Waals surface area contributed by atoms with Gasteiger partial charge in [-0.05, 0) is 17.5 Å². The number of carbonyl (C=O) groups excluding carboxylic acids is 1. The summed E-state index contributed by atoms with van der Waals surface area (Å²) >= 11 is 6.38. The minimum absolute atomic E-state index is 0.0542. The van der Waals surface area contributed by atoms with Crippen LogP contribution >= 0.6 is 24.0 Å². The Morgan fingerprint density at radius 1 is 1.47 bits per heavy atom. The van der Waals surface area contributed by atoms with Crippen molar-refractivity contribution in [3.63, 3.8) is 0 Å². The van der Waals surface area contributed by atoms with E-state index in [1.54, 1.807) is 6.21 Å². The van der Waals surface area contributed by atoms with Crippen LogP contribution in [0, 0.1) is 0 Å². The molecule has 1 aromatic carbocycles. The Morgan fingerprint density at radius 3 is 2.71 bits per heavy atom. The van der Waals surface area contributed by atoms with Crippen molar-refractivity contribution in [2.75, 3.05) is 5.75 Å². The van der Waals surface area contributed by atoms with Gasteiger partial charge in [0.15, 0.2) is 4.32 Å². The Bertz CT molecular complexity index is 452. The molecule has 1 heterocycles. The van der Waals surface area contributed by atoms with E-state index < -0.39 is 0 Å². The summed E-state index contributed by atoms with van der Waals surface area (Å²) in [6.45, 7) is 2.11. The Morgan fingerprint density at radius 2 is 2.18 bits per heavy atom. The first-order valence-corrected chi connectivity index (χ1v) is 6.72. The molecule has 17 heavy (non-hydrogen) atoms. The zero-order valence-corrected chi connectivity index (χ0v) is 11.1. The summed E-state index contributed by atoms with van der Waals surface area (Å²) in [5.41, 5.74) is 2.25. The first-order valence-electron chi connectivity index (χ1n) is 5.33. The van der Waals surface area contributed by atoms with Crippen LogP contribution in [0.3, 0.4) is 0 Å². The molecule has 0 aromatic heterocycles. The van der Waals surface area contributed by atoms with E-state index in [2.05, 4.69) is 24.2 Å². The van der Waals surface area contributed by atoms with E-state index in [0.717, 1.165) is 12.0 Å². The molecule has 1 aromatic rings. The van der Waals surface area contributed by atoms with Gasteiger partial charge in [-0.25, -0.2) is 0 Å². The molecule has 1 fully saturated rings. The third-order valence-corrected chi connectivity index (χ3v) is 3.78. The zero-order valence-electron chi connectivity index (χ0n) is 9.42. The van der Waals surface area contributed by atoms with Crippen LogP contribution in [0.2, 0.25) is 0 Å². The highest BCUT2D eigenvalue weighted by Crippen LogP contribution is 2.19. The van der Waals surface area contributed by atoms with Crippen molar-refractivity contribution < 1.29 is 4.79 Å². The minimum Gasteiger partial charge on any atom is -0.272 e. The third-order valence-electron chi connectivity index (χ3n) is 2.44. The van der Waals surface area contributed by atoms with E-state index >= 15 is 0 Å². The lowest BCUT2D eigenvalue weighted by Crippen LogP contribution is -2.22. The van der Waals surface area contributed by atoms with Crippen LogP contribution in [-0.2, 0) is 11.2 Å². The smallest absolute Gasteiger partial charge is 0.259 e. The molecule has 0 saturated carbocycles. The van der Waals surface area contributed by atoms with Crippen LogP contribution in [0.5, 0.6) is 0 Å². The first kappa shape index (κ1) is 12.3.